The van der Waals surface area contributed by atoms with Crippen LogP contribution in [-0.4, -0.2) is 25.6 Å². The van der Waals surface area contributed by atoms with E-state index in [2.05, 4.69) is 36.2 Å². The van der Waals surface area contributed by atoms with Crippen LogP contribution in [0.4, 0.5) is 0 Å². The van der Waals surface area contributed by atoms with E-state index in [4.69, 9.17) is 9.47 Å². The summed E-state index contributed by atoms with van der Waals surface area (Å²) in [6.07, 6.45) is 1.07. The first-order chi connectivity index (χ1) is 10.3. The molecule has 21 heavy (non-hydrogen) atoms. The van der Waals surface area contributed by atoms with Gasteiger partial charge in [-0.3, -0.25) is 0 Å². The van der Waals surface area contributed by atoms with Gasteiger partial charge in [-0.1, -0.05) is 30.3 Å². The maximum Gasteiger partial charge on any atom is 0.161 e. The van der Waals surface area contributed by atoms with Crippen molar-refractivity contribution in [2.45, 2.75) is 19.6 Å². The number of methoxy groups -OCH3 is 1. The van der Waals surface area contributed by atoms with Crippen LogP contribution in [0.1, 0.15) is 16.7 Å². The average molecular weight is 283 g/mol. The molecule has 3 nitrogen and oxygen atoms in total. The van der Waals surface area contributed by atoms with Crippen molar-refractivity contribution in [2.24, 2.45) is 0 Å². The first-order valence-electron chi connectivity index (χ1n) is 7.31. The standard InChI is InChI=1S/C18H21NO2/c1-19-9-8-15-10-18(17(20-2)11-16(15)12-19)21-13-14-6-4-3-5-7-14/h3-7,10-11H,8-9,12-13H2,1-2H3. The molecule has 3 rings (SSSR count). The molecule has 110 valence electrons. The molecular formula is C18H21NO2. The van der Waals surface area contributed by atoms with Gasteiger partial charge in [0.25, 0.3) is 0 Å². The number of ether oxygens (including phenoxy) is 2. The van der Waals surface area contributed by atoms with Crippen molar-refractivity contribution in [1.82, 2.24) is 4.90 Å². The molecule has 0 fully saturated rings. The molecule has 1 heterocycles. The summed E-state index contributed by atoms with van der Waals surface area (Å²) < 4.78 is 11.5. The Hall–Kier alpha value is -2.00. The molecule has 1 aliphatic rings. The second-order valence-corrected chi connectivity index (χ2v) is 5.53. The zero-order valence-electron chi connectivity index (χ0n) is 12.6. The SMILES string of the molecule is COc1cc2c(cc1OCc1ccccc1)CCN(C)C2. The highest BCUT2D eigenvalue weighted by atomic mass is 16.5. The van der Waals surface area contributed by atoms with Gasteiger partial charge in [-0.15, -0.1) is 0 Å². The first kappa shape index (κ1) is 14.0. The zero-order valence-corrected chi connectivity index (χ0v) is 12.6. The Kier molecular flexibility index (Phi) is 4.11. The van der Waals surface area contributed by atoms with Crippen LogP contribution in [0.2, 0.25) is 0 Å². The third-order valence-electron chi connectivity index (χ3n) is 3.93. The van der Waals surface area contributed by atoms with Crippen LogP contribution in [0, 0.1) is 0 Å². The van der Waals surface area contributed by atoms with Crippen molar-refractivity contribution in [1.29, 1.82) is 0 Å². The fraction of sp³-hybridized carbons (Fsp3) is 0.333. The molecule has 3 heteroatoms. The van der Waals surface area contributed by atoms with E-state index in [1.165, 1.54) is 11.1 Å². The highest BCUT2D eigenvalue weighted by Crippen LogP contribution is 2.33. The van der Waals surface area contributed by atoms with E-state index in [0.29, 0.717) is 6.61 Å². The van der Waals surface area contributed by atoms with Crippen LogP contribution in [0.5, 0.6) is 11.5 Å². The predicted molar refractivity (Wildman–Crippen MR) is 83.8 cm³/mol. The van der Waals surface area contributed by atoms with Crippen molar-refractivity contribution < 1.29 is 9.47 Å². The number of benzene rings is 2. The number of hydrogen-bond acceptors (Lipinski definition) is 3. The van der Waals surface area contributed by atoms with E-state index in [9.17, 15) is 0 Å². The molecule has 0 bridgehead atoms. The monoisotopic (exact) mass is 283 g/mol. The van der Waals surface area contributed by atoms with Crippen LogP contribution < -0.4 is 9.47 Å². The molecule has 0 atom stereocenters. The van der Waals surface area contributed by atoms with Gasteiger partial charge in [-0.2, -0.15) is 0 Å². The van der Waals surface area contributed by atoms with E-state index in [-0.39, 0.29) is 0 Å². The van der Waals surface area contributed by atoms with Crippen molar-refractivity contribution in [2.75, 3.05) is 20.7 Å². The van der Waals surface area contributed by atoms with Gasteiger partial charge in [-0.05, 0) is 42.3 Å². The highest BCUT2D eigenvalue weighted by molar-refractivity contribution is 5.48. The second kappa shape index (κ2) is 6.19. The Morgan fingerprint density at radius 2 is 1.81 bits per heavy atom. The molecule has 0 saturated heterocycles. The normalized spacial score (nSPS) is 14.6. The zero-order chi connectivity index (χ0) is 14.7. The van der Waals surface area contributed by atoms with Crippen molar-refractivity contribution >= 4 is 0 Å². The van der Waals surface area contributed by atoms with Crippen LogP contribution >= 0.6 is 0 Å². The van der Waals surface area contributed by atoms with Gasteiger partial charge in [0.05, 0.1) is 7.11 Å². The summed E-state index contributed by atoms with van der Waals surface area (Å²) in [7, 11) is 3.85. The summed E-state index contributed by atoms with van der Waals surface area (Å²) in [5.74, 6) is 1.66. The van der Waals surface area contributed by atoms with Crippen LogP contribution in [0.25, 0.3) is 0 Å². The van der Waals surface area contributed by atoms with E-state index in [0.717, 1.165) is 36.6 Å². The maximum atomic E-state index is 5.97. The minimum absolute atomic E-state index is 0.565. The predicted octanol–water partition coefficient (Wildman–Crippen LogP) is 3.26. The summed E-state index contributed by atoms with van der Waals surface area (Å²) in [5, 5.41) is 0. The summed E-state index contributed by atoms with van der Waals surface area (Å²) >= 11 is 0. The molecule has 0 spiro atoms. The number of nitrogens with zero attached hydrogens (tertiary/aromatic N) is 1. The van der Waals surface area contributed by atoms with Gasteiger partial charge in [0.2, 0.25) is 0 Å². The number of rotatable bonds is 4. The Labute approximate surface area is 126 Å². The van der Waals surface area contributed by atoms with Gasteiger partial charge >= 0.3 is 0 Å². The lowest BCUT2D eigenvalue weighted by Crippen LogP contribution is -2.26. The summed E-state index contributed by atoms with van der Waals surface area (Å²) in [4.78, 5) is 2.33. The summed E-state index contributed by atoms with van der Waals surface area (Å²) in [6, 6.07) is 14.5. The lowest BCUT2D eigenvalue weighted by atomic mass is 9.99. The van der Waals surface area contributed by atoms with Gasteiger partial charge in [0, 0.05) is 13.1 Å². The minimum Gasteiger partial charge on any atom is -0.493 e. The van der Waals surface area contributed by atoms with Crippen LogP contribution in [0.3, 0.4) is 0 Å². The molecule has 0 aliphatic carbocycles. The number of likely N-dealkylation sites (N-methyl/N-ethyl adjacent to an activating group) is 1. The average Bonchev–Trinajstić information content (AvgIpc) is 2.53. The van der Waals surface area contributed by atoms with Gasteiger partial charge in [0.1, 0.15) is 6.61 Å². The van der Waals surface area contributed by atoms with Gasteiger partial charge in [0.15, 0.2) is 11.5 Å². The molecule has 0 amide bonds. The maximum absolute atomic E-state index is 5.97. The lowest BCUT2D eigenvalue weighted by molar-refractivity contribution is 0.279. The molecule has 2 aromatic carbocycles. The smallest absolute Gasteiger partial charge is 0.161 e. The second-order valence-electron chi connectivity index (χ2n) is 5.53. The fourth-order valence-corrected chi connectivity index (χ4v) is 2.71. The first-order valence-corrected chi connectivity index (χ1v) is 7.31. The van der Waals surface area contributed by atoms with Crippen LogP contribution in [0.15, 0.2) is 42.5 Å². The Morgan fingerprint density at radius 1 is 1.05 bits per heavy atom. The molecule has 0 aromatic heterocycles. The molecule has 1 aliphatic heterocycles. The van der Waals surface area contributed by atoms with E-state index < -0.39 is 0 Å². The summed E-state index contributed by atoms with van der Waals surface area (Å²) in [6.45, 7) is 2.64. The van der Waals surface area contributed by atoms with Gasteiger partial charge in [-0.25, -0.2) is 0 Å². The van der Waals surface area contributed by atoms with Crippen molar-refractivity contribution in [3.05, 3.63) is 59.2 Å². The fourth-order valence-electron chi connectivity index (χ4n) is 2.71. The number of hydrogen-bond donors (Lipinski definition) is 0. The molecule has 2 aromatic rings. The van der Waals surface area contributed by atoms with Crippen LogP contribution in [-0.2, 0) is 19.6 Å². The Balaban J connectivity index is 1.81. The van der Waals surface area contributed by atoms with Gasteiger partial charge < -0.3 is 14.4 Å². The van der Waals surface area contributed by atoms with Crippen molar-refractivity contribution in [3.63, 3.8) is 0 Å². The van der Waals surface area contributed by atoms with E-state index in [1.54, 1.807) is 7.11 Å². The molecular weight excluding hydrogens is 262 g/mol. The third kappa shape index (κ3) is 3.19. The van der Waals surface area contributed by atoms with Crippen molar-refractivity contribution in [3.8, 4) is 11.5 Å². The number of fused-ring (bicyclic) bond motifs is 1. The van der Waals surface area contributed by atoms with E-state index >= 15 is 0 Å². The largest absolute Gasteiger partial charge is 0.493 e. The third-order valence-corrected chi connectivity index (χ3v) is 3.93. The Morgan fingerprint density at radius 3 is 2.57 bits per heavy atom. The lowest BCUT2D eigenvalue weighted by Gasteiger charge is -2.26. The summed E-state index contributed by atoms with van der Waals surface area (Å²) in [5.41, 5.74) is 3.88. The Bertz CT molecular complexity index is 610. The topological polar surface area (TPSA) is 21.7 Å². The molecule has 0 N–H and O–H groups in total. The van der Waals surface area contributed by atoms with E-state index in [1.807, 2.05) is 18.2 Å². The molecule has 0 unspecified atom stereocenters. The molecule has 0 radical (unpaired) electrons. The minimum atomic E-state index is 0.565. The molecule has 0 saturated carbocycles. The quantitative estimate of drug-likeness (QED) is 0.859. The highest BCUT2D eigenvalue weighted by Gasteiger charge is 2.17.